The highest BCUT2D eigenvalue weighted by Crippen LogP contribution is 2.39. The summed E-state index contributed by atoms with van der Waals surface area (Å²) in [6.07, 6.45) is 0. The van der Waals surface area contributed by atoms with Crippen LogP contribution in [-0.4, -0.2) is 24.5 Å². The Bertz CT molecular complexity index is 3600. The Kier molecular flexibility index (Phi) is 8.75. The molecule has 0 atom stereocenters. The Labute approximate surface area is 364 Å². The summed E-state index contributed by atoms with van der Waals surface area (Å²) in [5, 5.41) is 5.91. The number of fused-ring (bicyclic) bond motifs is 6. The lowest BCUT2D eigenvalue weighted by Crippen LogP contribution is -2.00. The normalized spacial score (nSPS) is 11.5. The molecule has 12 aromatic rings. The monoisotopic (exact) mass is 803 g/mol. The van der Waals surface area contributed by atoms with Crippen molar-refractivity contribution in [2.75, 3.05) is 0 Å². The van der Waals surface area contributed by atoms with E-state index in [0.717, 1.165) is 77.6 Å². The van der Waals surface area contributed by atoms with Crippen molar-refractivity contribution in [3.05, 3.63) is 224 Å². The first kappa shape index (κ1) is 36.3. The summed E-state index contributed by atoms with van der Waals surface area (Å²) >= 11 is 0. The quantitative estimate of drug-likeness (QED) is 0.151. The maximum atomic E-state index is 5.22. The van der Waals surface area contributed by atoms with Crippen molar-refractivity contribution in [3.8, 4) is 73.4 Å². The van der Waals surface area contributed by atoms with Crippen LogP contribution in [0.4, 0.5) is 0 Å². The number of benzene rings is 9. The van der Waals surface area contributed by atoms with E-state index in [1.54, 1.807) is 0 Å². The van der Waals surface area contributed by atoms with E-state index in [2.05, 4.69) is 193 Å². The number of aromatic nitrogens is 5. The van der Waals surface area contributed by atoms with Gasteiger partial charge in [0.15, 0.2) is 17.5 Å². The summed E-state index contributed by atoms with van der Waals surface area (Å²) in [6.45, 7) is 0. The summed E-state index contributed by atoms with van der Waals surface area (Å²) in [6, 6.07) is 78.7. The SMILES string of the molecule is c1ccc(-c2cc(-c3ccccc3)c3c(ccc4ccc(-c5cccc(-c6nc(-c7ccccc7)nc(-c7ccc(-n8c9ccccc9c9ccccc98)cc7)n6)c5)cc43)n2)cc1. The van der Waals surface area contributed by atoms with Crippen LogP contribution in [0.25, 0.3) is 117 Å². The van der Waals surface area contributed by atoms with Gasteiger partial charge in [-0.25, -0.2) is 19.9 Å². The van der Waals surface area contributed by atoms with Gasteiger partial charge in [0.1, 0.15) is 0 Å². The molecule has 0 amide bonds. The number of pyridine rings is 1. The Morgan fingerprint density at radius 1 is 0.302 bits per heavy atom. The molecule has 63 heavy (non-hydrogen) atoms. The van der Waals surface area contributed by atoms with Crippen molar-refractivity contribution in [2.45, 2.75) is 0 Å². The number of rotatable bonds is 7. The number of para-hydroxylation sites is 2. The molecule has 0 bridgehead atoms. The predicted molar refractivity (Wildman–Crippen MR) is 260 cm³/mol. The van der Waals surface area contributed by atoms with E-state index < -0.39 is 0 Å². The molecule has 0 saturated heterocycles. The van der Waals surface area contributed by atoms with Crippen LogP contribution in [0.15, 0.2) is 224 Å². The molecule has 5 heteroatoms. The maximum absolute atomic E-state index is 5.22. The van der Waals surface area contributed by atoms with E-state index in [-0.39, 0.29) is 0 Å². The minimum atomic E-state index is 0.613. The lowest BCUT2D eigenvalue weighted by molar-refractivity contribution is 1.07. The van der Waals surface area contributed by atoms with E-state index in [0.29, 0.717) is 17.5 Å². The Morgan fingerprint density at radius 2 is 0.794 bits per heavy atom. The van der Waals surface area contributed by atoms with Crippen LogP contribution in [0.1, 0.15) is 0 Å². The van der Waals surface area contributed by atoms with Crippen LogP contribution >= 0.6 is 0 Å². The van der Waals surface area contributed by atoms with Gasteiger partial charge in [0.25, 0.3) is 0 Å². The van der Waals surface area contributed by atoms with Gasteiger partial charge in [-0.05, 0) is 93.7 Å². The molecule has 9 aromatic carbocycles. The highest BCUT2D eigenvalue weighted by molar-refractivity contribution is 6.15. The van der Waals surface area contributed by atoms with Gasteiger partial charge in [-0.1, -0.05) is 164 Å². The largest absolute Gasteiger partial charge is 0.309 e. The van der Waals surface area contributed by atoms with Crippen LogP contribution in [0.3, 0.4) is 0 Å². The molecule has 12 rings (SSSR count). The molecule has 0 aliphatic carbocycles. The third-order valence-electron chi connectivity index (χ3n) is 12.0. The summed E-state index contributed by atoms with van der Waals surface area (Å²) < 4.78 is 2.32. The fraction of sp³-hybridized carbons (Fsp3) is 0. The van der Waals surface area contributed by atoms with Gasteiger partial charge in [0.2, 0.25) is 0 Å². The topological polar surface area (TPSA) is 56.5 Å². The van der Waals surface area contributed by atoms with Gasteiger partial charge in [-0.15, -0.1) is 0 Å². The van der Waals surface area contributed by atoms with Crippen LogP contribution in [0.2, 0.25) is 0 Å². The second-order valence-corrected chi connectivity index (χ2v) is 15.9. The maximum Gasteiger partial charge on any atom is 0.164 e. The molecule has 294 valence electrons. The second kappa shape index (κ2) is 15.2. The lowest BCUT2D eigenvalue weighted by Gasteiger charge is -2.14. The summed E-state index contributed by atoms with van der Waals surface area (Å²) in [5.74, 6) is 1.86. The van der Waals surface area contributed by atoms with E-state index in [1.165, 1.54) is 21.8 Å². The summed E-state index contributed by atoms with van der Waals surface area (Å²) in [5.41, 5.74) is 13.7. The van der Waals surface area contributed by atoms with Gasteiger partial charge in [-0.3, -0.25) is 0 Å². The molecule has 3 aromatic heterocycles. The average molecular weight is 804 g/mol. The van der Waals surface area contributed by atoms with Crippen LogP contribution in [0, 0.1) is 0 Å². The Balaban J connectivity index is 0.968. The molecule has 0 spiro atoms. The molecule has 0 saturated carbocycles. The summed E-state index contributed by atoms with van der Waals surface area (Å²) in [7, 11) is 0. The van der Waals surface area contributed by atoms with E-state index in [9.17, 15) is 0 Å². The van der Waals surface area contributed by atoms with Crippen molar-refractivity contribution in [1.82, 2.24) is 24.5 Å². The first-order valence-corrected chi connectivity index (χ1v) is 21.2. The molecule has 0 aliphatic rings. The zero-order chi connectivity index (χ0) is 41.7. The molecule has 0 unspecified atom stereocenters. The fourth-order valence-corrected chi connectivity index (χ4v) is 8.99. The zero-order valence-corrected chi connectivity index (χ0v) is 34.1. The van der Waals surface area contributed by atoms with Crippen LogP contribution in [0.5, 0.6) is 0 Å². The Hall–Kier alpha value is -8.54. The number of nitrogens with zero attached hydrogens (tertiary/aromatic N) is 5. The third-order valence-corrected chi connectivity index (χ3v) is 12.0. The first-order valence-electron chi connectivity index (χ1n) is 21.2. The average Bonchev–Trinajstić information content (AvgIpc) is 3.71. The minimum absolute atomic E-state index is 0.613. The molecular formula is C58H37N5. The molecule has 3 heterocycles. The first-order chi connectivity index (χ1) is 31.2. The van der Waals surface area contributed by atoms with E-state index in [1.807, 2.05) is 36.4 Å². The third kappa shape index (κ3) is 6.51. The molecule has 5 nitrogen and oxygen atoms in total. The van der Waals surface area contributed by atoms with Crippen molar-refractivity contribution in [3.63, 3.8) is 0 Å². The highest BCUT2D eigenvalue weighted by Gasteiger charge is 2.17. The predicted octanol–water partition coefficient (Wildman–Crippen LogP) is 14.7. The van der Waals surface area contributed by atoms with Gasteiger partial charge in [-0.2, -0.15) is 0 Å². The van der Waals surface area contributed by atoms with Gasteiger partial charge in [0.05, 0.1) is 22.2 Å². The van der Waals surface area contributed by atoms with Crippen LogP contribution in [-0.2, 0) is 0 Å². The standard InChI is InChI=1S/C58H37N5/c1-4-15-38(16-5-1)50-37-52(40-17-6-2-7-18-40)59-51-34-31-39-27-28-44(36-49(39)55(50)51)43-21-14-22-45(35-43)58-61-56(41-19-8-3-9-20-41)60-57(62-58)42-29-32-46(33-30-42)63-53-25-12-10-23-47(53)48-24-11-13-26-54(48)63/h1-37H. The van der Waals surface area contributed by atoms with Crippen molar-refractivity contribution in [1.29, 1.82) is 0 Å². The minimum Gasteiger partial charge on any atom is -0.309 e. The van der Waals surface area contributed by atoms with Gasteiger partial charge in [0, 0.05) is 44.1 Å². The van der Waals surface area contributed by atoms with Gasteiger partial charge >= 0.3 is 0 Å². The van der Waals surface area contributed by atoms with E-state index in [4.69, 9.17) is 19.9 Å². The van der Waals surface area contributed by atoms with Crippen molar-refractivity contribution in [2.24, 2.45) is 0 Å². The Morgan fingerprint density at radius 3 is 1.46 bits per heavy atom. The fourth-order valence-electron chi connectivity index (χ4n) is 8.99. The zero-order valence-electron chi connectivity index (χ0n) is 34.1. The molecule has 0 radical (unpaired) electrons. The van der Waals surface area contributed by atoms with Crippen molar-refractivity contribution < 1.29 is 0 Å². The molecular weight excluding hydrogens is 767 g/mol. The molecule has 0 fully saturated rings. The second-order valence-electron chi connectivity index (χ2n) is 15.9. The van der Waals surface area contributed by atoms with Gasteiger partial charge < -0.3 is 4.57 Å². The summed E-state index contributed by atoms with van der Waals surface area (Å²) in [4.78, 5) is 20.5. The molecule has 0 N–H and O–H groups in total. The molecule has 0 aliphatic heterocycles. The lowest BCUT2D eigenvalue weighted by atomic mass is 9.92. The highest BCUT2D eigenvalue weighted by atomic mass is 15.0. The van der Waals surface area contributed by atoms with Crippen LogP contribution < -0.4 is 0 Å². The van der Waals surface area contributed by atoms with Crippen molar-refractivity contribution >= 4 is 43.5 Å². The number of hydrogen-bond acceptors (Lipinski definition) is 4. The smallest absolute Gasteiger partial charge is 0.164 e. The number of hydrogen-bond donors (Lipinski definition) is 0. The van der Waals surface area contributed by atoms with E-state index >= 15 is 0 Å².